The van der Waals surface area contributed by atoms with E-state index in [1.165, 1.54) is 0 Å². The highest BCUT2D eigenvalue weighted by molar-refractivity contribution is 5.88. The Bertz CT molecular complexity index is 904. The van der Waals surface area contributed by atoms with Crippen molar-refractivity contribution in [2.45, 2.75) is 6.10 Å². The SMILES string of the molecule is C=CC(=O)OCCNC(=O)OCC(COc1cccc2ccccc12)OC(=O)C=C. The summed E-state index contributed by atoms with van der Waals surface area (Å²) in [6.45, 7) is 6.38. The number of ether oxygens (including phenoxy) is 4. The van der Waals surface area contributed by atoms with Crippen LogP contribution in [0.25, 0.3) is 10.8 Å². The topological polar surface area (TPSA) is 100 Å². The van der Waals surface area contributed by atoms with Gasteiger partial charge in [0.1, 0.15) is 25.6 Å². The molecule has 1 amide bonds. The van der Waals surface area contributed by atoms with E-state index >= 15 is 0 Å². The summed E-state index contributed by atoms with van der Waals surface area (Å²) in [6, 6.07) is 13.3. The molecule has 0 aromatic heterocycles. The Kier molecular flexibility index (Phi) is 8.92. The Hall–Kier alpha value is -3.81. The highest BCUT2D eigenvalue weighted by atomic mass is 16.6. The number of benzene rings is 2. The van der Waals surface area contributed by atoms with Crippen LogP contribution in [-0.2, 0) is 23.8 Å². The standard InChI is InChI=1S/C22H23NO7/c1-3-20(24)27-13-12-23-22(26)29-15-17(30-21(25)4-2)14-28-19-11-7-9-16-8-5-6-10-18(16)19/h3-11,17H,1-2,12-15H2,(H,23,26). The molecule has 0 saturated carbocycles. The second-order valence-corrected chi connectivity index (χ2v) is 5.95. The molecule has 1 atom stereocenters. The molecule has 8 heteroatoms. The zero-order valence-electron chi connectivity index (χ0n) is 16.4. The molecule has 0 heterocycles. The first-order valence-corrected chi connectivity index (χ1v) is 9.17. The smallest absolute Gasteiger partial charge is 0.407 e. The molecule has 30 heavy (non-hydrogen) atoms. The minimum absolute atomic E-state index is 0.0287. The largest absolute Gasteiger partial charge is 0.489 e. The van der Waals surface area contributed by atoms with Gasteiger partial charge in [-0.05, 0) is 11.5 Å². The average molecular weight is 413 g/mol. The predicted molar refractivity (Wildman–Crippen MR) is 110 cm³/mol. The van der Waals surface area contributed by atoms with Crippen molar-refractivity contribution in [3.8, 4) is 5.75 Å². The van der Waals surface area contributed by atoms with Crippen molar-refractivity contribution in [1.29, 1.82) is 0 Å². The summed E-state index contributed by atoms with van der Waals surface area (Å²) < 4.78 is 20.8. The Morgan fingerprint density at radius 3 is 2.43 bits per heavy atom. The van der Waals surface area contributed by atoms with E-state index in [0.29, 0.717) is 5.75 Å². The Balaban J connectivity index is 1.88. The van der Waals surface area contributed by atoms with E-state index in [1.54, 1.807) is 6.07 Å². The van der Waals surface area contributed by atoms with Gasteiger partial charge >= 0.3 is 18.0 Å². The second kappa shape index (κ2) is 11.9. The third-order valence-corrected chi connectivity index (χ3v) is 3.81. The number of carbonyl (C=O) groups is 3. The molecule has 158 valence electrons. The number of hydrogen-bond donors (Lipinski definition) is 1. The molecular weight excluding hydrogens is 390 g/mol. The van der Waals surface area contributed by atoms with Crippen LogP contribution in [-0.4, -0.2) is 50.5 Å². The van der Waals surface area contributed by atoms with Crippen LogP contribution in [0.1, 0.15) is 0 Å². The van der Waals surface area contributed by atoms with Crippen molar-refractivity contribution >= 4 is 28.8 Å². The van der Waals surface area contributed by atoms with Gasteiger partial charge in [-0.1, -0.05) is 49.6 Å². The quantitative estimate of drug-likeness (QED) is 0.262. The summed E-state index contributed by atoms with van der Waals surface area (Å²) in [5.41, 5.74) is 0. The van der Waals surface area contributed by atoms with Gasteiger partial charge in [-0.15, -0.1) is 0 Å². The summed E-state index contributed by atoms with van der Waals surface area (Å²) in [6.07, 6.45) is 0.430. The monoisotopic (exact) mass is 413 g/mol. The molecular formula is C22H23NO7. The van der Waals surface area contributed by atoms with Gasteiger partial charge in [0.2, 0.25) is 0 Å². The molecule has 1 N–H and O–H groups in total. The molecule has 2 rings (SSSR count). The molecule has 8 nitrogen and oxygen atoms in total. The minimum atomic E-state index is -0.848. The molecule has 0 radical (unpaired) electrons. The van der Waals surface area contributed by atoms with Gasteiger partial charge in [0.15, 0.2) is 6.10 Å². The lowest BCUT2D eigenvalue weighted by Gasteiger charge is -2.18. The number of nitrogens with one attached hydrogen (secondary N) is 1. The summed E-state index contributed by atoms with van der Waals surface area (Å²) in [4.78, 5) is 34.3. The molecule has 0 aliphatic heterocycles. The van der Waals surface area contributed by atoms with Crippen LogP contribution in [0, 0.1) is 0 Å². The highest BCUT2D eigenvalue weighted by Gasteiger charge is 2.17. The average Bonchev–Trinajstić information content (AvgIpc) is 2.78. The van der Waals surface area contributed by atoms with Gasteiger partial charge in [-0.2, -0.15) is 0 Å². The van der Waals surface area contributed by atoms with Crippen LogP contribution in [0.2, 0.25) is 0 Å². The maximum Gasteiger partial charge on any atom is 0.407 e. The maximum atomic E-state index is 11.8. The van der Waals surface area contributed by atoms with Gasteiger partial charge in [-0.3, -0.25) is 0 Å². The Labute approximate surface area is 174 Å². The van der Waals surface area contributed by atoms with E-state index < -0.39 is 24.1 Å². The first-order valence-electron chi connectivity index (χ1n) is 9.17. The van der Waals surface area contributed by atoms with E-state index in [4.69, 9.17) is 18.9 Å². The van der Waals surface area contributed by atoms with Crippen molar-refractivity contribution in [2.75, 3.05) is 26.4 Å². The molecule has 2 aromatic rings. The van der Waals surface area contributed by atoms with Crippen molar-refractivity contribution in [2.24, 2.45) is 0 Å². The molecule has 0 saturated heterocycles. The van der Waals surface area contributed by atoms with Gasteiger partial charge in [0, 0.05) is 17.5 Å². The van der Waals surface area contributed by atoms with E-state index in [9.17, 15) is 14.4 Å². The Morgan fingerprint density at radius 1 is 0.933 bits per heavy atom. The van der Waals surface area contributed by atoms with Crippen LogP contribution in [0.3, 0.4) is 0 Å². The number of rotatable bonds is 11. The molecule has 0 spiro atoms. The van der Waals surface area contributed by atoms with Crippen LogP contribution < -0.4 is 10.1 Å². The molecule has 0 bridgehead atoms. The normalized spacial score (nSPS) is 11.1. The van der Waals surface area contributed by atoms with Gasteiger partial charge < -0.3 is 24.3 Å². The fourth-order valence-corrected chi connectivity index (χ4v) is 2.42. The first-order chi connectivity index (χ1) is 14.5. The summed E-state index contributed by atoms with van der Waals surface area (Å²) in [7, 11) is 0. The Morgan fingerprint density at radius 2 is 1.67 bits per heavy atom. The van der Waals surface area contributed by atoms with Crippen LogP contribution >= 0.6 is 0 Å². The van der Waals surface area contributed by atoms with Gasteiger partial charge in [-0.25, -0.2) is 14.4 Å². The van der Waals surface area contributed by atoms with Crippen LogP contribution in [0.4, 0.5) is 4.79 Å². The van der Waals surface area contributed by atoms with E-state index in [1.807, 2.05) is 36.4 Å². The van der Waals surface area contributed by atoms with Crippen LogP contribution in [0.15, 0.2) is 67.8 Å². The van der Waals surface area contributed by atoms with Gasteiger partial charge in [0.05, 0.1) is 6.54 Å². The van der Waals surface area contributed by atoms with E-state index in [-0.39, 0.29) is 26.4 Å². The van der Waals surface area contributed by atoms with Crippen molar-refractivity contribution in [1.82, 2.24) is 5.32 Å². The number of carbonyl (C=O) groups excluding carboxylic acids is 3. The summed E-state index contributed by atoms with van der Waals surface area (Å²) in [5, 5.41) is 4.32. The molecule has 2 aromatic carbocycles. The number of fused-ring (bicyclic) bond motifs is 1. The lowest BCUT2D eigenvalue weighted by atomic mass is 10.1. The maximum absolute atomic E-state index is 11.8. The molecule has 1 unspecified atom stereocenters. The molecule has 0 fully saturated rings. The predicted octanol–water partition coefficient (Wildman–Crippen LogP) is 2.77. The van der Waals surface area contributed by atoms with E-state index in [2.05, 4.69) is 18.5 Å². The van der Waals surface area contributed by atoms with Crippen LogP contribution in [0.5, 0.6) is 5.75 Å². The highest BCUT2D eigenvalue weighted by Crippen LogP contribution is 2.25. The summed E-state index contributed by atoms with van der Waals surface area (Å²) in [5.74, 6) is -0.643. The third kappa shape index (κ3) is 7.31. The molecule has 0 aliphatic rings. The zero-order chi connectivity index (χ0) is 21.8. The van der Waals surface area contributed by atoms with Gasteiger partial charge in [0.25, 0.3) is 0 Å². The number of amides is 1. The minimum Gasteiger partial charge on any atom is -0.489 e. The second-order valence-electron chi connectivity index (χ2n) is 5.95. The lowest BCUT2D eigenvalue weighted by molar-refractivity contribution is -0.146. The van der Waals surface area contributed by atoms with Crippen molar-refractivity contribution in [3.63, 3.8) is 0 Å². The summed E-state index contributed by atoms with van der Waals surface area (Å²) >= 11 is 0. The molecule has 0 aliphatic carbocycles. The fraction of sp³-hybridized carbons (Fsp3) is 0.227. The number of alkyl carbamates (subject to hydrolysis) is 1. The van der Waals surface area contributed by atoms with Crippen molar-refractivity contribution < 1.29 is 33.3 Å². The number of esters is 2. The number of hydrogen-bond acceptors (Lipinski definition) is 7. The first kappa shape index (κ1) is 22.5. The van der Waals surface area contributed by atoms with Crippen molar-refractivity contribution in [3.05, 3.63) is 67.8 Å². The van der Waals surface area contributed by atoms with E-state index in [0.717, 1.165) is 22.9 Å². The fourth-order valence-electron chi connectivity index (χ4n) is 2.42. The lowest BCUT2D eigenvalue weighted by Crippen LogP contribution is -2.34. The third-order valence-electron chi connectivity index (χ3n) is 3.81. The zero-order valence-corrected chi connectivity index (χ0v) is 16.4.